The molecule has 0 aliphatic carbocycles. The van der Waals surface area contributed by atoms with Gasteiger partial charge in [-0.1, -0.05) is 0 Å². The fraction of sp³-hybridized carbons (Fsp3) is 0.364. The number of carboxylic acid groups (broad SMARTS) is 1. The molecule has 0 spiro atoms. The molecule has 0 saturated heterocycles. The van der Waals surface area contributed by atoms with Crippen molar-refractivity contribution in [2.45, 2.75) is 6.54 Å². The monoisotopic (exact) mass is 253 g/mol. The summed E-state index contributed by atoms with van der Waals surface area (Å²) in [6, 6.07) is 2.79. The van der Waals surface area contributed by atoms with Crippen LogP contribution in [0.4, 0.5) is 0 Å². The smallest absolute Gasteiger partial charge is 0.335 e. The minimum atomic E-state index is -1.03. The van der Waals surface area contributed by atoms with Gasteiger partial charge >= 0.3 is 5.97 Å². The van der Waals surface area contributed by atoms with Crippen molar-refractivity contribution in [2.24, 2.45) is 5.73 Å². The summed E-state index contributed by atoms with van der Waals surface area (Å²) in [7, 11) is 0. The van der Waals surface area contributed by atoms with Crippen molar-refractivity contribution in [3.63, 3.8) is 0 Å². The molecule has 1 heterocycles. The van der Waals surface area contributed by atoms with Crippen molar-refractivity contribution in [1.29, 1.82) is 0 Å². The Morgan fingerprint density at radius 2 is 2.28 bits per heavy atom. The normalized spacial score (nSPS) is 10.1. The molecular formula is C11H15N3O4. The van der Waals surface area contributed by atoms with Gasteiger partial charge in [0, 0.05) is 12.7 Å². The van der Waals surface area contributed by atoms with E-state index >= 15 is 0 Å². The molecule has 1 rings (SSSR count). The SMILES string of the molecule is NCCOCC(=O)NCc1cc(C(=O)O)ccn1. The standard InChI is InChI=1S/C11H15N3O4/c12-2-4-18-7-10(15)14-6-9-5-8(11(16)17)1-3-13-9/h1,3,5H,2,4,6-7,12H2,(H,14,15)(H,16,17). The predicted octanol–water partition coefficient (Wildman–Crippen LogP) is -0.629. The van der Waals surface area contributed by atoms with Crippen LogP contribution in [0.25, 0.3) is 0 Å². The Morgan fingerprint density at radius 3 is 2.94 bits per heavy atom. The highest BCUT2D eigenvalue weighted by molar-refractivity contribution is 5.87. The molecule has 0 bridgehead atoms. The molecule has 0 radical (unpaired) electrons. The van der Waals surface area contributed by atoms with Crippen LogP contribution in [0, 0.1) is 0 Å². The van der Waals surface area contributed by atoms with E-state index in [0.29, 0.717) is 18.8 Å². The molecule has 1 amide bonds. The van der Waals surface area contributed by atoms with Crippen LogP contribution in [0.1, 0.15) is 16.1 Å². The highest BCUT2D eigenvalue weighted by atomic mass is 16.5. The van der Waals surface area contributed by atoms with Gasteiger partial charge in [-0.25, -0.2) is 4.79 Å². The minimum Gasteiger partial charge on any atom is -0.478 e. The molecule has 1 aromatic heterocycles. The third-order valence-electron chi connectivity index (χ3n) is 2.03. The maximum atomic E-state index is 11.3. The molecule has 0 aromatic carbocycles. The number of nitrogens with two attached hydrogens (primary N) is 1. The highest BCUT2D eigenvalue weighted by Gasteiger charge is 2.05. The van der Waals surface area contributed by atoms with Gasteiger partial charge in [0.25, 0.3) is 0 Å². The summed E-state index contributed by atoms with van der Waals surface area (Å²) >= 11 is 0. The number of aromatic nitrogens is 1. The first-order valence-corrected chi connectivity index (χ1v) is 5.36. The van der Waals surface area contributed by atoms with E-state index in [1.807, 2.05) is 0 Å². The summed E-state index contributed by atoms with van der Waals surface area (Å²) in [4.78, 5) is 26.0. The molecule has 0 saturated carbocycles. The van der Waals surface area contributed by atoms with Crippen LogP contribution < -0.4 is 11.1 Å². The fourth-order valence-electron chi connectivity index (χ4n) is 1.20. The maximum Gasteiger partial charge on any atom is 0.335 e. The third-order valence-corrected chi connectivity index (χ3v) is 2.03. The van der Waals surface area contributed by atoms with Crippen molar-refractivity contribution in [3.05, 3.63) is 29.6 Å². The lowest BCUT2D eigenvalue weighted by Gasteiger charge is -2.05. The first-order chi connectivity index (χ1) is 8.63. The quantitative estimate of drug-likeness (QED) is 0.557. The molecule has 18 heavy (non-hydrogen) atoms. The van der Waals surface area contributed by atoms with Gasteiger partial charge in [0.05, 0.1) is 24.4 Å². The minimum absolute atomic E-state index is 0.0736. The number of ether oxygens (including phenoxy) is 1. The second-order valence-electron chi connectivity index (χ2n) is 3.46. The first kappa shape index (κ1) is 14.1. The summed E-state index contributed by atoms with van der Waals surface area (Å²) in [6.07, 6.45) is 1.38. The molecule has 7 heteroatoms. The number of carboxylic acids is 1. The summed E-state index contributed by atoms with van der Waals surface area (Å²) in [6.45, 7) is 0.761. The highest BCUT2D eigenvalue weighted by Crippen LogP contribution is 2.01. The molecule has 0 atom stereocenters. The van der Waals surface area contributed by atoms with Crippen LogP contribution >= 0.6 is 0 Å². The van der Waals surface area contributed by atoms with Crippen LogP contribution in [-0.2, 0) is 16.1 Å². The lowest BCUT2D eigenvalue weighted by molar-refractivity contribution is -0.125. The third kappa shape index (κ3) is 4.89. The van der Waals surface area contributed by atoms with E-state index in [9.17, 15) is 9.59 Å². The Morgan fingerprint density at radius 1 is 1.50 bits per heavy atom. The second kappa shape index (κ2) is 7.36. The van der Waals surface area contributed by atoms with E-state index in [2.05, 4.69) is 10.3 Å². The molecule has 0 unspecified atom stereocenters. The Hall–Kier alpha value is -1.99. The van der Waals surface area contributed by atoms with Crippen LogP contribution in [0.2, 0.25) is 0 Å². The predicted molar refractivity (Wildman–Crippen MR) is 62.9 cm³/mol. The van der Waals surface area contributed by atoms with Crippen LogP contribution in [0.5, 0.6) is 0 Å². The van der Waals surface area contributed by atoms with Gasteiger partial charge in [-0.15, -0.1) is 0 Å². The van der Waals surface area contributed by atoms with Crippen LogP contribution in [0.3, 0.4) is 0 Å². The number of rotatable bonds is 7. The Kier molecular flexibility index (Phi) is 5.75. The zero-order valence-electron chi connectivity index (χ0n) is 9.76. The van der Waals surface area contributed by atoms with Gasteiger partial charge in [0.15, 0.2) is 0 Å². The lowest BCUT2D eigenvalue weighted by atomic mass is 10.2. The van der Waals surface area contributed by atoms with Crippen molar-refractivity contribution in [1.82, 2.24) is 10.3 Å². The summed E-state index contributed by atoms with van der Waals surface area (Å²) in [5, 5.41) is 11.3. The summed E-state index contributed by atoms with van der Waals surface area (Å²) in [5.41, 5.74) is 5.81. The largest absolute Gasteiger partial charge is 0.478 e. The van der Waals surface area contributed by atoms with Crippen molar-refractivity contribution in [3.8, 4) is 0 Å². The van der Waals surface area contributed by atoms with E-state index in [4.69, 9.17) is 15.6 Å². The van der Waals surface area contributed by atoms with Gasteiger partial charge in [0.2, 0.25) is 5.91 Å². The molecule has 0 aliphatic heterocycles. The van der Waals surface area contributed by atoms with E-state index < -0.39 is 5.97 Å². The van der Waals surface area contributed by atoms with Gasteiger partial charge in [-0.05, 0) is 12.1 Å². The summed E-state index contributed by atoms with van der Waals surface area (Å²) in [5.74, 6) is -1.33. The maximum absolute atomic E-state index is 11.3. The number of amides is 1. The molecule has 7 nitrogen and oxygen atoms in total. The van der Waals surface area contributed by atoms with Crippen LogP contribution in [-0.4, -0.2) is 41.7 Å². The molecule has 4 N–H and O–H groups in total. The van der Waals surface area contributed by atoms with Gasteiger partial charge in [0.1, 0.15) is 6.61 Å². The van der Waals surface area contributed by atoms with Gasteiger partial charge < -0.3 is 20.9 Å². The molecular weight excluding hydrogens is 238 g/mol. The second-order valence-corrected chi connectivity index (χ2v) is 3.46. The number of pyridine rings is 1. The van der Waals surface area contributed by atoms with E-state index in [0.717, 1.165) is 0 Å². The van der Waals surface area contributed by atoms with Crippen molar-refractivity contribution >= 4 is 11.9 Å². The number of nitrogens with one attached hydrogen (secondary N) is 1. The topological polar surface area (TPSA) is 115 Å². The Labute approximate surface area is 104 Å². The lowest BCUT2D eigenvalue weighted by Crippen LogP contribution is -2.28. The van der Waals surface area contributed by atoms with Gasteiger partial charge in [-0.2, -0.15) is 0 Å². The van der Waals surface area contributed by atoms with E-state index in [1.54, 1.807) is 0 Å². The summed E-state index contributed by atoms with van der Waals surface area (Å²) < 4.78 is 4.94. The number of nitrogens with zero attached hydrogens (tertiary/aromatic N) is 1. The number of aromatic carboxylic acids is 1. The van der Waals surface area contributed by atoms with E-state index in [1.165, 1.54) is 18.3 Å². The zero-order chi connectivity index (χ0) is 13.4. The number of hydrogen-bond acceptors (Lipinski definition) is 5. The van der Waals surface area contributed by atoms with Gasteiger partial charge in [-0.3, -0.25) is 9.78 Å². The molecule has 98 valence electrons. The molecule has 1 aromatic rings. The molecule has 0 aliphatic rings. The van der Waals surface area contributed by atoms with Crippen LogP contribution in [0.15, 0.2) is 18.3 Å². The number of carbonyl (C=O) groups is 2. The average molecular weight is 253 g/mol. The number of carbonyl (C=O) groups excluding carboxylic acids is 1. The van der Waals surface area contributed by atoms with Crippen molar-refractivity contribution < 1.29 is 19.4 Å². The fourth-order valence-corrected chi connectivity index (χ4v) is 1.20. The Bertz CT molecular complexity index is 423. The average Bonchev–Trinajstić information content (AvgIpc) is 2.37. The first-order valence-electron chi connectivity index (χ1n) is 5.36. The molecule has 0 fully saturated rings. The van der Waals surface area contributed by atoms with E-state index in [-0.39, 0.29) is 24.6 Å². The number of hydrogen-bond donors (Lipinski definition) is 3. The van der Waals surface area contributed by atoms with Crippen molar-refractivity contribution in [2.75, 3.05) is 19.8 Å². The Balaban J connectivity index is 2.41. The zero-order valence-corrected chi connectivity index (χ0v) is 9.76.